The van der Waals surface area contributed by atoms with Gasteiger partial charge in [0.1, 0.15) is 42.0 Å². The van der Waals surface area contributed by atoms with E-state index in [0.29, 0.717) is 57.3 Å². The van der Waals surface area contributed by atoms with E-state index in [-0.39, 0.29) is 6.61 Å². The highest BCUT2D eigenvalue weighted by Crippen LogP contribution is 2.52. The summed E-state index contributed by atoms with van der Waals surface area (Å²) in [5.41, 5.74) is 1.91. The summed E-state index contributed by atoms with van der Waals surface area (Å²) in [4.78, 5) is 11.9. The van der Waals surface area contributed by atoms with Crippen molar-refractivity contribution in [3.63, 3.8) is 0 Å². The van der Waals surface area contributed by atoms with E-state index in [0.717, 1.165) is 16.3 Å². The number of fused-ring (bicyclic) bond motifs is 4. The number of benzene rings is 2. The maximum absolute atomic E-state index is 11.9. The highest BCUT2D eigenvalue weighted by atomic mass is 16.9. The lowest BCUT2D eigenvalue weighted by Gasteiger charge is -2.31. The molecule has 5 aromatic rings. The Labute approximate surface area is 245 Å². The Bertz CT molecular complexity index is 1980. The molecule has 2 aromatic carbocycles. The molecule has 0 radical (unpaired) electrons. The zero-order chi connectivity index (χ0) is 29.9. The van der Waals surface area contributed by atoms with Crippen LogP contribution in [0, 0.1) is 0 Å². The largest absolute Gasteiger partial charge is 0.490 e. The molecule has 5 heterocycles. The standard InChI is InChI=1S/C33H30O10/c1-18(2)9-13-37-28-21-8-12-33(42-30(21)31(35-5)29-22(28)11-15-38-29)41-25(32(3,4)43-33)17-39-27-19-6-7-26(34)40-24(19)16-23-20(27)10-14-36-23/h6-12,14-16,25H,13,17H2,1-5H3/t25-,33+/m0/s1. The van der Waals surface area contributed by atoms with Gasteiger partial charge in [0.2, 0.25) is 5.75 Å². The third-order valence-electron chi connectivity index (χ3n) is 7.61. The lowest BCUT2D eigenvalue weighted by atomic mass is 10.0. The first-order valence-electron chi connectivity index (χ1n) is 13.9. The van der Waals surface area contributed by atoms with E-state index < -0.39 is 23.3 Å². The van der Waals surface area contributed by atoms with E-state index >= 15 is 0 Å². The van der Waals surface area contributed by atoms with Crippen LogP contribution in [0.3, 0.4) is 0 Å². The van der Waals surface area contributed by atoms with Gasteiger partial charge in [0.05, 0.1) is 47.0 Å². The molecule has 10 heteroatoms. The molecular weight excluding hydrogens is 556 g/mol. The zero-order valence-electron chi connectivity index (χ0n) is 24.3. The lowest BCUT2D eigenvalue weighted by Crippen LogP contribution is -2.39. The first-order chi connectivity index (χ1) is 20.7. The molecule has 7 rings (SSSR count). The van der Waals surface area contributed by atoms with E-state index in [1.807, 2.05) is 45.9 Å². The Morgan fingerprint density at radius 1 is 0.953 bits per heavy atom. The van der Waals surface area contributed by atoms with Crippen LogP contribution in [0.4, 0.5) is 0 Å². The molecule has 2 aliphatic heterocycles. The summed E-state index contributed by atoms with van der Waals surface area (Å²) in [5.74, 6) is 0.327. The number of hydrogen-bond donors (Lipinski definition) is 0. The van der Waals surface area contributed by atoms with Gasteiger partial charge in [0.15, 0.2) is 11.3 Å². The molecule has 0 unspecified atom stereocenters. The average molecular weight is 587 g/mol. The minimum atomic E-state index is -1.56. The summed E-state index contributed by atoms with van der Waals surface area (Å²) in [7, 11) is 1.55. The Hall–Kier alpha value is -4.67. The number of hydrogen-bond acceptors (Lipinski definition) is 10. The first kappa shape index (κ1) is 27.2. The van der Waals surface area contributed by atoms with E-state index in [1.54, 1.807) is 43.9 Å². The second-order valence-corrected chi connectivity index (χ2v) is 11.2. The lowest BCUT2D eigenvalue weighted by molar-refractivity contribution is -0.271. The fourth-order valence-electron chi connectivity index (χ4n) is 5.46. The van der Waals surface area contributed by atoms with Crippen molar-refractivity contribution in [3.05, 3.63) is 76.6 Å². The molecule has 1 saturated heterocycles. The molecule has 222 valence electrons. The van der Waals surface area contributed by atoms with Crippen molar-refractivity contribution >= 4 is 39.0 Å². The second-order valence-electron chi connectivity index (χ2n) is 11.2. The summed E-state index contributed by atoms with van der Waals surface area (Å²) in [6.07, 6.45) is 8.14. The van der Waals surface area contributed by atoms with Gasteiger partial charge < -0.3 is 41.7 Å². The first-order valence-corrected chi connectivity index (χ1v) is 13.9. The fraction of sp³-hybridized carbons (Fsp3) is 0.303. The van der Waals surface area contributed by atoms with E-state index in [2.05, 4.69) is 0 Å². The van der Waals surface area contributed by atoms with Gasteiger partial charge in [-0.25, -0.2) is 4.79 Å². The molecular formula is C33H30O10. The van der Waals surface area contributed by atoms with Crippen molar-refractivity contribution in [3.8, 4) is 23.0 Å². The predicted molar refractivity (Wildman–Crippen MR) is 158 cm³/mol. The van der Waals surface area contributed by atoms with Gasteiger partial charge in [-0.3, -0.25) is 0 Å². The van der Waals surface area contributed by atoms with Crippen LogP contribution in [0.2, 0.25) is 0 Å². The van der Waals surface area contributed by atoms with Crippen LogP contribution in [0.5, 0.6) is 23.0 Å². The normalized spacial score (nSPS) is 20.4. The van der Waals surface area contributed by atoms with Gasteiger partial charge >= 0.3 is 11.6 Å². The highest BCUT2D eigenvalue weighted by molar-refractivity contribution is 6.01. The minimum Gasteiger partial charge on any atom is -0.490 e. The SMILES string of the molecule is COc1c2c(c(OCC=C(C)C)c3ccoc13)C=C[C@]1(O2)O[C@@H](COc2c3ccoc3cc3oc(=O)ccc23)C(C)(C)O1. The summed E-state index contributed by atoms with van der Waals surface area (Å²) in [6.45, 7) is 8.31. The van der Waals surface area contributed by atoms with Crippen molar-refractivity contribution in [1.82, 2.24) is 0 Å². The van der Waals surface area contributed by atoms with Crippen LogP contribution in [0.1, 0.15) is 33.3 Å². The van der Waals surface area contributed by atoms with Crippen LogP contribution < -0.4 is 24.6 Å². The maximum atomic E-state index is 11.9. The van der Waals surface area contributed by atoms with Gasteiger partial charge in [-0.1, -0.05) is 5.57 Å². The zero-order valence-corrected chi connectivity index (χ0v) is 24.3. The third-order valence-corrected chi connectivity index (χ3v) is 7.61. The average Bonchev–Trinajstić information content (AvgIpc) is 3.68. The Balaban J connectivity index is 1.21. The van der Waals surface area contributed by atoms with Crippen molar-refractivity contribution in [2.24, 2.45) is 0 Å². The Morgan fingerprint density at radius 3 is 2.56 bits per heavy atom. The number of methoxy groups -OCH3 is 1. The summed E-state index contributed by atoms with van der Waals surface area (Å²) >= 11 is 0. The van der Waals surface area contributed by atoms with Crippen LogP contribution >= 0.6 is 0 Å². The van der Waals surface area contributed by atoms with E-state index in [9.17, 15) is 4.79 Å². The minimum absolute atomic E-state index is 0.0999. The molecule has 1 spiro atoms. The van der Waals surface area contributed by atoms with Crippen molar-refractivity contribution in [1.29, 1.82) is 0 Å². The van der Waals surface area contributed by atoms with Gasteiger partial charge in [-0.2, -0.15) is 0 Å². The Morgan fingerprint density at radius 2 is 1.74 bits per heavy atom. The topological polar surface area (TPSA) is 112 Å². The van der Waals surface area contributed by atoms with E-state index in [4.69, 9.17) is 41.7 Å². The molecule has 2 aliphatic rings. The van der Waals surface area contributed by atoms with Gasteiger partial charge in [0, 0.05) is 18.2 Å². The number of ether oxygens (including phenoxy) is 6. The Kier molecular flexibility index (Phi) is 6.30. The molecule has 43 heavy (non-hydrogen) atoms. The molecule has 2 atom stereocenters. The van der Waals surface area contributed by atoms with Crippen LogP contribution in [0.15, 0.2) is 78.6 Å². The van der Waals surface area contributed by atoms with Crippen LogP contribution in [-0.2, 0) is 9.47 Å². The predicted octanol–water partition coefficient (Wildman–Crippen LogP) is 6.97. The highest BCUT2D eigenvalue weighted by Gasteiger charge is 2.55. The smallest absolute Gasteiger partial charge is 0.350 e. The summed E-state index contributed by atoms with van der Waals surface area (Å²) in [5, 5.41) is 2.14. The molecule has 0 saturated carbocycles. The van der Waals surface area contributed by atoms with Crippen molar-refractivity contribution in [2.45, 2.75) is 45.4 Å². The van der Waals surface area contributed by atoms with Crippen LogP contribution in [0.25, 0.3) is 39.0 Å². The molecule has 0 bridgehead atoms. The summed E-state index contributed by atoms with van der Waals surface area (Å²) in [6, 6.07) is 8.34. The molecule has 1 fully saturated rings. The molecule has 10 nitrogen and oxygen atoms in total. The number of allylic oxidation sites excluding steroid dienone is 1. The molecule has 3 aromatic heterocycles. The number of rotatable bonds is 7. The second kappa shape index (κ2) is 9.96. The molecule has 0 amide bonds. The summed E-state index contributed by atoms with van der Waals surface area (Å²) < 4.78 is 54.4. The van der Waals surface area contributed by atoms with Crippen molar-refractivity contribution in [2.75, 3.05) is 20.3 Å². The van der Waals surface area contributed by atoms with Crippen LogP contribution in [-0.4, -0.2) is 38.0 Å². The molecule has 0 N–H and O–H groups in total. The fourth-order valence-corrected chi connectivity index (χ4v) is 5.46. The monoisotopic (exact) mass is 586 g/mol. The quantitative estimate of drug-likeness (QED) is 0.146. The van der Waals surface area contributed by atoms with Gasteiger partial charge in [-0.05, 0) is 58.0 Å². The van der Waals surface area contributed by atoms with Crippen molar-refractivity contribution < 1.29 is 41.7 Å². The third kappa shape index (κ3) is 4.54. The van der Waals surface area contributed by atoms with E-state index in [1.165, 1.54) is 6.07 Å². The van der Waals surface area contributed by atoms with Gasteiger partial charge in [0.25, 0.3) is 0 Å². The number of furan rings is 2. The van der Waals surface area contributed by atoms with Gasteiger partial charge in [-0.15, -0.1) is 0 Å². The maximum Gasteiger partial charge on any atom is 0.350 e. The molecule has 0 aliphatic carbocycles.